The zero-order valence-corrected chi connectivity index (χ0v) is 11.4. The Balaban J connectivity index is 2.70. The van der Waals surface area contributed by atoms with Gasteiger partial charge in [-0.25, -0.2) is 0 Å². The van der Waals surface area contributed by atoms with Gasteiger partial charge in [-0.2, -0.15) is 0 Å². The van der Waals surface area contributed by atoms with Crippen LogP contribution in [0.3, 0.4) is 0 Å². The van der Waals surface area contributed by atoms with E-state index in [1.807, 2.05) is 30.3 Å². The third-order valence-electron chi connectivity index (χ3n) is 2.55. The molecule has 0 heterocycles. The van der Waals surface area contributed by atoms with Gasteiger partial charge >= 0.3 is 5.97 Å². The Labute approximate surface area is 113 Å². The molecule has 3 nitrogen and oxygen atoms in total. The van der Waals surface area contributed by atoms with E-state index < -0.39 is 5.97 Å². The molecule has 0 spiro atoms. The Morgan fingerprint density at radius 1 is 1.17 bits per heavy atom. The van der Waals surface area contributed by atoms with Gasteiger partial charge in [0.2, 0.25) is 0 Å². The van der Waals surface area contributed by atoms with Crippen LogP contribution in [0, 0.1) is 0 Å². The molecule has 2 aromatic carbocycles. The van der Waals surface area contributed by atoms with Crippen molar-refractivity contribution in [3.63, 3.8) is 0 Å². The SMILES string of the molecule is CC(=O)Oc1c(C(=O)CBr)ccc2ccccc12. The highest BCUT2D eigenvalue weighted by atomic mass is 79.9. The van der Waals surface area contributed by atoms with Crippen molar-refractivity contribution in [2.24, 2.45) is 0 Å². The van der Waals surface area contributed by atoms with Gasteiger partial charge < -0.3 is 4.74 Å². The molecule has 0 fully saturated rings. The Bertz CT molecular complexity index is 619. The van der Waals surface area contributed by atoms with Gasteiger partial charge in [0.05, 0.1) is 10.9 Å². The molecule has 18 heavy (non-hydrogen) atoms. The smallest absolute Gasteiger partial charge is 0.308 e. The minimum Gasteiger partial charge on any atom is -0.425 e. The number of fused-ring (bicyclic) bond motifs is 1. The number of ketones is 1. The van der Waals surface area contributed by atoms with Gasteiger partial charge in [-0.15, -0.1) is 0 Å². The molecule has 0 saturated carbocycles. The maximum atomic E-state index is 11.8. The van der Waals surface area contributed by atoms with E-state index in [1.54, 1.807) is 6.07 Å². The second-order valence-electron chi connectivity index (χ2n) is 3.81. The van der Waals surface area contributed by atoms with Crippen LogP contribution in [-0.2, 0) is 4.79 Å². The first-order chi connectivity index (χ1) is 8.63. The van der Waals surface area contributed by atoms with E-state index in [9.17, 15) is 9.59 Å². The average Bonchev–Trinajstić information content (AvgIpc) is 2.37. The summed E-state index contributed by atoms with van der Waals surface area (Å²) in [7, 11) is 0. The van der Waals surface area contributed by atoms with Gasteiger partial charge in [0, 0.05) is 12.3 Å². The summed E-state index contributed by atoms with van der Waals surface area (Å²) in [5.74, 6) is -0.211. The molecule has 4 heteroatoms. The van der Waals surface area contributed by atoms with Crippen LogP contribution in [0.1, 0.15) is 17.3 Å². The molecule has 0 unspecified atom stereocenters. The number of rotatable bonds is 3. The van der Waals surface area contributed by atoms with Crippen LogP contribution in [0.25, 0.3) is 10.8 Å². The van der Waals surface area contributed by atoms with Gasteiger partial charge in [0.1, 0.15) is 5.75 Å². The normalized spacial score (nSPS) is 10.3. The molecule has 0 atom stereocenters. The maximum Gasteiger partial charge on any atom is 0.308 e. The molecule has 0 amide bonds. The largest absolute Gasteiger partial charge is 0.425 e. The van der Waals surface area contributed by atoms with Crippen molar-refractivity contribution in [3.8, 4) is 5.75 Å². The minimum absolute atomic E-state index is 0.114. The molecule has 0 saturated heterocycles. The molecule has 0 bridgehead atoms. The Morgan fingerprint density at radius 2 is 1.89 bits per heavy atom. The Morgan fingerprint density at radius 3 is 2.56 bits per heavy atom. The number of hydrogen-bond donors (Lipinski definition) is 0. The number of carbonyl (C=O) groups is 2. The van der Waals surface area contributed by atoms with E-state index in [-0.39, 0.29) is 11.1 Å². The predicted molar refractivity (Wildman–Crippen MR) is 73.4 cm³/mol. The summed E-state index contributed by atoms with van der Waals surface area (Å²) in [6.45, 7) is 1.32. The first-order valence-corrected chi connectivity index (χ1v) is 6.55. The van der Waals surface area contributed by atoms with Gasteiger partial charge in [-0.3, -0.25) is 9.59 Å². The van der Waals surface area contributed by atoms with E-state index in [2.05, 4.69) is 15.9 Å². The van der Waals surface area contributed by atoms with Crippen LogP contribution >= 0.6 is 15.9 Å². The van der Waals surface area contributed by atoms with E-state index in [4.69, 9.17) is 4.74 Å². The summed E-state index contributed by atoms with van der Waals surface area (Å²) in [5.41, 5.74) is 0.417. The first-order valence-electron chi connectivity index (χ1n) is 5.43. The molecule has 0 aromatic heterocycles. The van der Waals surface area contributed by atoms with Gasteiger partial charge in [0.15, 0.2) is 5.78 Å². The summed E-state index contributed by atoms with van der Waals surface area (Å²) in [4.78, 5) is 23.0. The van der Waals surface area contributed by atoms with Crippen LogP contribution in [0.5, 0.6) is 5.75 Å². The Hall–Kier alpha value is -1.68. The van der Waals surface area contributed by atoms with Gasteiger partial charge in [-0.1, -0.05) is 46.3 Å². The summed E-state index contributed by atoms with van der Waals surface area (Å²) in [6, 6.07) is 11.0. The molecule has 0 aliphatic carbocycles. The second-order valence-corrected chi connectivity index (χ2v) is 4.37. The zero-order valence-electron chi connectivity index (χ0n) is 9.77. The van der Waals surface area contributed by atoms with E-state index in [0.717, 1.165) is 10.8 Å². The summed E-state index contributed by atoms with van der Waals surface area (Å²) < 4.78 is 5.20. The summed E-state index contributed by atoms with van der Waals surface area (Å²) >= 11 is 3.13. The second kappa shape index (κ2) is 5.31. The minimum atomic E-state index is -0.435. The molecule has 0 aliphatic rings. The quantitative estimate of drug-likeness (QED) is 0.378. The van der Waals surface area contributed by atoms with Crippen LogP contribution in [-0.4, -0.2) is 17.1 Å². The topological polar surface area (TPSA) is 43.4 Å². The highest BCUT2D eigenvalue weighted by Crippen LogP contribution is 2.30. The lowest BCUT2D eigenvalue weighted by Crippen LogP contribution is -2.09. The summed E-state index contributed by atoms with van der Waals surface area (Å²) in [6.07, 6.45) is 0. The number of benzene rings is 2. The van der Waals surface area contributed by atoms with Crippen molar-refractivity contribution >= 4 is 38.5 Å². The molecule has 2 aromatic rings. The zero-order chi connectivity index (χ0) is 13.1. The van der Waals surface area contributed by atoms with Gasteiger partial charge in [0.25, 0.3) is 0 Å². The summed E-state index contributed by atoms with van der Waals surface area (Å²) in [5, 5.41) is 1.89. The lowest BCUT2D eigenvalue weighted by Gasteiger charge is -2.10. The van der Waals surface area contributed by atoms with Crippen molar-refractivity contribution < 1.29 is 14.3 Å². The monoisotopic (exact) mass is 306 g/mol. The molecule has 92 valence electrons. The molecule has 0 aliphatic heterocycles. The molecular formula is C14H11BrO3. The lowest BCUT2D eigenvalue weighted by molar-refractivity contribution is -0.131. The third kappa shape index (κ3) is 2.43. The highest BCUT2D eigenvalue weighted by molar-refractivity contribution is 9.09. The first kappa shape index (κ1) is 12.8. The number of halogens is 1. The number of Topliss-reactive ketones (excluding diaryl/α,β-unsaturated/α-hetero) is 1. The van der Waals surface area contributed by atoms with Crippen molar-refractivity contribution in [3.05, 3.63) is 42.0 Å². The van der Waals surface area contributed by atoms with E-state index in [0.29, 0.717) is 11.3 Å². The van der Waals surface area contributed by atoms with Crippen molar-refractivity contribution in [1.29, 1.82) is 0 Å². The molecule has 0 radical (unpaired) electrons. The standard InChI is InChI=1S/C14H11BrO3/c1-9(16)18-14-11-5-3-2-4-10(11)6-7-12(14)13(17)8-15/h2-7H,8H2,1H3. The fourth-order valence-corrected chi connectivity index (χ4v) is 2.09. The number of carbonyl (C=O) groups excluding carboxylic acids is 2. The highest BCUT2D eigenvalue weighted by Gasteiger charge is 2.16. The van der Waals surface area contributed by atoms with Crippen LogP contribution in [0.4, 0.5) is 0 Å². The van der Waals surface area contributed by atoms with Crippen LogP contribution < -0.4 is 4.74 Å². The number of alkyl halides is 1. The molecular weight excluding hydrogens is 296 g/mol. The fourth-order valence-electron chi connectivity index (χ4n) is 1.79. The van der Waals surface area contributed by atoms with E-state index in [1.165, 1.54) is 6.92 Å². The maximum absolute atomic E-state index is 11.8. The molecule has 2 rings (SSSR count). The lowest BCUT2D eigenvalue weighted by atomic mass is 10.0. The van der Waals surface area contributed by atoms with Crippen molar-refractivity contribution in [2.75, 3.05) is 5.33 Å². The third-order valence-corrected chi connectivity index (χ3v) is 3.06. The van der Waals surface area contributed by atoms with E-state index >= 15 is 0 Å². The number of hydrogen-bond acceptors (Lipinski definition) is 3. The van der Waals surface area contributed by atoms with Crippen LogP contribution in [0.15, 0.2) is 36.4 Å². The Kier molecular flexibility index (Phi) is 3.77. The number of esters is 1. The fraction of sp³-hybridized carbons (Fsp3) is 0.143. The van der Waals surface area contributed by atoms with Crippen LogP contribution in [0.2, 0.25) is 0 Å². The average molecular weight is 307 g/mol. The predicted octanol–water partition coefficient (Wildman–Crippen LogP) is 3.34. The van der Waals surface area contributed by atoms with Crippen molar-refractivity contribution in [2.45, 2.75) is 6.92 Å². The molecule has 0 N–H and O–H groups in total. The van der Waals surface area contributed by atoms with Gasteiger partial charge in [-0.05, 0) is 11.5 Å². The van der Waals surface area contributed by atoms with Crippen molar-refractivity contribution in [1.82, 2.24) is 0 Å². The number of ether oxygens (including phenoxy) is 1.